The summed E-state index contributed by atoms with van der Waals surface area (Å²) in [6, 6.07) is 6.13. The van der Waals surface area contributed by atoms with Crippen LogP contribution in [0.4, 0.5) is 0 Å². The summed E-state index contributed by atoms with van der Waals surface area (Å²) in [6.07, 6.45) is 18.3. The summed E-state index contributed by atoms with van der Waals surface area (Å²) in [4.78, 5) is 4.32. The molecule has 0 radical (unpaired) electrons. The fourth-order valence-electron chi connectivity index (χ4n) is 2.06. The van der Waals surface area contributed by atoms with E-state index in [1.165, 1.54) is 50.6 Å². The van der Waals surface area contributed by atoms with Crippen LogP contribution in [0.15, 0.2) is 36.5 Å². The third-order valence-corrected chi connectivity index (χ3v) is 3.18. The molecule has 0 N–H and O–H groups in total. The van der Waals surface area contributed by atoms with E-state index >= 15 is 0 Å². The van der Waals surface area contributed by atoms with Crippen molar-refractivity contribution in [2.75, 3.05) is 0 Å². The lowest BCUT2D eigenvalue weighted by Crippen LogP contribution is -1.86. The monoisotopic (exact) mass is 245 g/mol. The molecule has 0 atom stereocenters. The zero-order chi connectivity index (χ0) is 12.9. The van der Waals surface area contributed by atoms with Gasteiger partial charge in [0.15, 0.2) is 0 Å². The van der Waals surface area contributed by atoms with Crippen molar-refractivity contribution in [2.45, 2.75) is 64.7 Å². The van der Waals surface area contributed by atoms with Gasteiger partial charge in [0.2, 0.25) is 0 Å². The van der Waals surface area contributed by atoms with Crippen LogP contribution in [0.25, 0.3) is 0 Å². The van der Waals surface area contributed by atoms with Gasteiger partial charge in [0.05, 0.1) is 0 Å². The van der Waals surface area contributed by atoms with E-state index in [0.717, 1.165) is 12.8 Å². The van der Waals surface area contributed by atoms with E-state index in [-0.39, 0.29) is 0 Å². The average Bonchev–Trinajstić information content (AvgIpc) is 2.42. The molecule has 0 bridgehead atoms. The molecule has 1 heteroatoms. The van der Waals surface area contributed by atoms with E-state index in [1.807, 2.05) is 12.3 Å². The van der Waals surface area contributed by atoms with Gasteiger partial charge in [0.1, 0.15) is 0 Å². The molecular weight excluding hydrogens is 218 g/mol. The van der Waals surface area contributed by atoms with E-state index in [4.69, 9.17) is 0 Å². The van der Waals surface area contributed by atoms with Gasteiger partial charge in [0, 0.05) is 11.9 Å². The molecule has 0 aliphatic rings. The van der Waals surface area contributed by atoms with Gasteiger partial charge in [-0.2, -0.15) is 0 Å². The van der Waals surface area contributed by atoms with E-state index in [2.05, 4.69) is 36.2 Å². The van der Waals surface area contributed by atoms with Crippen molar-refractivity contribution in [3.05, 3.63) is 42.2 Å². The summed E-state index contributed by atoms with van der Waals surface area (Å²) in [5.74, 6) is 0. The van der Waals surface area contributed by atoms with Crippen molar-refractivity contribution in [3.63, 3.8) is 0 Å². The number of aromatic nitrogens is 1. The summed E-state index contributed by atoms with van der Waals surface area (Å²) in [5.41, 5.74) is 1.20. The number of unbranched alkanes of at least 4 members (excludes halogenated alkanes) is 6. The van der Waals surface area contributed by atoms with Crippen LogP contribution >= 0.6 is 0 Å². The number of nitrogens with zero attached hydrogens (tertiary/aromatic N) is 1. The summed E-state index contributed by atoms with van der Waals surface area (Å²) in [5, 5.41) is 0. The smallest absolute Gasteiger partial charge is 0.0406 e. The molecule has 0 fully saturated rings. The van der Waals surface area contributed by atoms with Crippen LogP contribution < -0.4 is 0 Å². The van der Waals surface area contributed by atoms with Crippen molar-refractivity contribution in [1.29, 1.82) is 0 Å². The highest BCUT2D eigenvalue weighted by atomic mass is 14.7. The van der Waals surface area contributed by atoms with Crippen LogP contribution in [0.2, 0.25) is 0 Å². The van der Waals surface area contributed by atoms with Crippen molar-refractivity contribution in [1.82, 2.24) is 4.98 Å². The maximum atomic E-state index is 4.32. The molecule has 0 aliphatic heterocycles. The highest BCUT2D eigenvalue weighted by Crippen LogP contribution is 2.07. The first-order chi connectivity index (χ1) is 8.93. The lowest BCUT2D eigenvalue weighted by atomic mass is 10.1. The molecule has 1 rings (SSSR count). The minimum atomic E-state index is 1.06. The van der Waals surface area contributed by atoms with Crippen LogP contribution in [-0.2, 0) is 6.42 Å². The Kier molecular flexibility index (Phi) is 9.14. The van der Waals surface area contributed by atoms with Crippen LogP contribution in [0.5, 0.6) is 0 Å². The Morgan fingerprint density at radius 3 is 2.50 bits per heavy atom. The normalized spacial score (nSPS) is 11.2. The van der Waals surface area contributed by atoms with Gasteiger partial charge in [-0.15, -0.1) is 0 Å². The Hall–Kier alpha value is -1.11. The van der Waals surface area contributed by atoms with Gasteiger partial charge in [-0.1, -0.05) is 57.2 Å². The van der Waals surface area contributed by atoms with Crippen molar-refractivity contribution >= 4 is 0 Å². The molecule has 100 valence electrons. The fraction of sp³-hybridized carbons (Fsp3) is 0.588. The number of aryl methyl sites for hydroxylation is 1. The quantitative estimate of drug-likeness (QED) is 0.401. The van der Waals surface area contributed by atoms with Crippen molar-refractivity contribution in [3.8, 4) is 0 Å². The molecular formula is C17H27N. The number of allylic oxidation sites excluding steroid dienone is 2. The van der Waals surface area contributed by atoms with Crippen LogP contribution in [0.3, 0.4) is 0 Å². The Labute approximate surface area is 112 Å². The molecule has 0 spiro atoms. The lowest BCUT2D eigenvalue weighted by Gasteiger charge is -1.98. The highest BCUT2D eigenvalue weighted by molar-refractivity contribution is 5.04. The zero-order valence-corrected chi connectivity index (χ0v) is 11.8. The Morgan fingerprint density at radius 1 is 0.944 bits per heavy atom. The first-order valence-corrected chi connectivity index (χ1v) is 7.48. The number of rotatable bonds is 10. The molecule has 18 heavy (non-hydrogen) atoms. The molecule has 0 saturated heterocycles. The molecule has 1 aromatic heterocycles. The molecule has 0 amide bonds. The standard InChI is InChI=1S/C17H27N/c1-2-3-4-5-6-7-8-9-10-11-14-17-15-12-13-16-18-17/h9-10,12-13,15-16H,2-8,11,14H2,1H3/b10-9+. The maximum absolute atomic E-state index is 4.32. The van der Waals surface area contributed by atoms with Gasteiger partial charge in [-0.25, -0.2) is 0 Å². The van der Waals surface area contributed by atoms with E-state index < -0.39 is 0 Å². The SMILES string of the molecule is CCCCCCCC/C=C/CCc1ccccn1. The molecule has 1 aromatic rings. The minimum absolute atomic E-state index is 1.06. The van der Waals surface area contributed by atoms with Crippen molar-refractivity contribution < 1.29 is 0 Å². The maximum Gasteiger partial charge on any atom is 0.0406 e. The first-order valence-electron chi connectivity index (χ1n) is 7.48. The summed E-state index contributed by atoms with van der Waals surface area (Å²) >= 11 is 0. The number of hydrogen-bond donors (Lipinski definition) is 0. The first kappa shape index (κ1) is 14.9. The third kappa shape index (κ3) is 8.05. The fourth-order valence-corrected chi connectivity index (χ4v) is 2.06. The van der Waals surface area contributed by atoms with Gasteiger partial charge in [-0.3, -0.25) is 4.98 Å². The lowest BCUT2D eigenvalue weighted by molar-refractivity contribution is 0.611. The van der Waals surface area contributed by atoms with Crippen LogP contribution in [0.1, 0.15) is 64.0 Å². The topological polar surface area (TPSA) is 12.9 Å². The Balaban J connectivity index is 1.92. The van der Waals surface area contributed by atoms with E-state index in [0.29, 0.717) is 0 Å². The molecule has 1 nitrogen and oxygen atoms in total. The summed E-state index contributed by atoms with van der Waals surface area (Å²) in [6.45, 7) is 2.27. The predicted molar refractivity (Wildman–Crippen MR) is 79.7 cm³/mol. The molecule has 0 unspecified atom stereocenters. The van der Waals surface area contributed by atoms with Crippen LogP contribution in [0, 0.1) is 0 Å². The Morgan fingerprint density at radius 2 is 1.72 bits per heavy atom. The van der Waals surface area contributed by atoms with Crippen LogP contribution in [-0.4, -0.2) is 4.98 Å². The second kappa shape index (κ2) is 11.0. The van der Waals surface area contributed by atoms with E-state index in [9.17, 15) is 0 Å². The highest BCUT2D eigenvalue weighted by Gasteiger charge is 1.90. The van der Waals surface area contributed by atoms with Gasteiger partial charge >= 0.3 is 0 Å². The second-order valence-electron chi connectivity index (χ2n) is 4.89. The summed E-state index contributed by atoms with van der Waals surface area (Å²) < 4.78 is 0. The molecule has 0 saturated carbocycles. The summed E-state index contributed by atoms with van der Waals surface area (Å²) in [7, 11) is 0. The average molecular weight is 245 g/mol. The number of hydrogen-bond acceptors (Lipinski definition) is 1. The minimum Gasteiger partial charge on any atom is -0.261 e. The van der Waals surface area contributed by atoms with Crippen molar-refractivity contribution in [2.24, 2.45) is 0 Å². The largest absolute Gasteiger partial charge is 0.261 e. The predicted octanol–water partition coefficient (Wildman–Crippen LogP) is 5.32. The van der Waals surface area contributed by atoms with Gasteiger partial charge in [-0.05, 0) is 37.8 Å². The molecule has 0 aromatic carbocycles. The van der Waals surface area contributed by atoms with Gasteiger partial charge in [0.25, 0.3) is 0 Å². The zero-order valence-electron chi connectivity index (χ0n) is 11.8. The molecule has 0 aliphatic carbocycles. The number of pyridine rings is 1. The molecule has 1 heterocycles. The van der Waals surface area contributed by atoms with Gasteiger partial charge < -0.3 is 0 Å². The van der Waals surface area contributed by atoms with E-state index in [1.54, 1.807) is 0 Å². The second-order valence-corrected chi connectivity index (χ2v) is 4.89. The third-order valence-electron chi connectivity index (χ3n) is 3.18. The Bertz CT molecular complexity index is 303.